The van der Waals surface area contributed by atoms with Crippen LogP contribution in [0.15, 0.2) is 18.2 Å². The van der Waals surface area contributed by atoms with Gasteiger partial charge in [0.15, 0.2) is 0 Å². The third kappa shape index (κ3) is 3.67. The van der Waals surface area contributed by atoms with E-state index in [0.717, 1.165) is 6.42 Å². The summed E-state index contributed by atoms with van der Waals surface area (Å²) in [6.45, 7) is 2.74. The number of hydrogen-bond donors (Lipinski definition) is 3. The standard InChI is InChI=1S/C12H18ClNO2/c1-2-9(6-7-15)14-8-10-11(13)4-3-5-12(10)16/h3-5,9,14-16H,2,6-8H2,1H3. The average Bonchev–Trinajstić information content (AvgIpc) is 2.27. The summed E-state index contributed by atoms with van der Waals surface area (Å²) in [5.41, 5.74) is 0.709. The molecule has 3 nitrogen and oxygen atoms in total. The summed E-state index contributed by atoms with van der Waals surface area (Å²) in [6, 6.07) is 5.34. The highest BCUT2D eigenvalue weighted by molar-refractivity contribution is 6.31. The summed E-state index contributed by atoms with van der Waals surface area (Å²) in [5, 5.41) is 22.3. The number of halogens is 1. The van der Waals surface area contributed by atoms with Gasteiger partial charge in [0.05, 0.1) is 0 Å². The first-order valence-electron chi connectivity index (χ1n) is 5.49. The minimum absolute atomic E-state index is 0.167. The zero-order valence-corrected chi connectivity index (χ0v) is 10.2. The molecular weight excluding hydrogens is 226 g/mol. The van der Waals surface area contributed by atoms with Crippen LogP contribution in [0.1, 0.15) is 25.3 Å². The van der Waals surface area contributed by atoms with E-state index >= 15 is 0 Å². The normalized spacial score (nSPS) is 12.7. The third-order valence-corrected chi connectivity index (χ3v) is 2.99. The van der Waals surface area contributed by atoms with Gasteiger partial charge in [0.2, 0.25) is 0 Å². The second-order valence-electron chi connectivity index (χ2n) is 3.74. The van der Waals surface area contributed by atoms with Gasteiger partial charge in [0.1, 0.15) is 5.75 Å². The third-order valence-electron chi connectivity index (χ3n) is 2.63. The Balaban J connectivity index is 2.59. The van der Waals surface area contributed by atoms with E-state index in [4.69, 9.17) is 16.7 Å². The van der Waals surface area contributed by atoms with Crippen molar-refractivity contribution in [3.63, 3.8) is 0 Å². The zero-order valence-electron chi connectivity index (χ0n) is 9.41. The summed E-state index contributed by atoms with van der Waals surface area (Å²) in [5.74, 6) is 0.207. The van der Waals surface area contributed by atoms with Crippen molar-refractivity contribution >= 4 is 11.6 Å². The van der Waals surface area contributed by atoms with E-state index in [2.05, 4.69) is 12.2 Å². The molecular formula is C12H18ClNO2. The fourth-order valence-corrected chi connectivity index (χ4v) is 1.81. The van der Waals surface area contributed by atoms with Crippen LogP contribution in [-0.4, -0.2) is 22.9 Å². The van der Waals surface area contributed by atoms with Crippen molar-refractivity contribution in [3.8, 4) is 5.75 Å². The number of aromatic hydroxyl groups is 1. The van der Waals surface area contributed by atoms with E-state index in [1.165, 1.54) is 0 Å². The second kappa shape index (κ2) is 6.74. The number of phenolic OH excluding ortho intramolecular Hbond substituents is 1. The molecule has 0 spiro atoms. The maximum absolute atomic E-state index is 9.63. The lowest BCUT2D eigenvalue weighted by atomic mass is 10.1. The Hall–Kier alpha value is -0.770. The van der Waals surface area contributed by atoms with Crippen molar-refractivity contribution < 1.29 is 10.2 Å². The van der Waals surface area contributed by atoms with Crippen LogP contribution < -0.4 is 5.32 Å². The lowest BCUT2D eigenvalue weighted by molar-refractivity contribution is 0.262. The largest absolute Gasteiger partial charge is 0.508 e. The average molecular weight is 244 g/mol. The van der Waals surface area contributed by atoms with Crippen molar-refractivity contribution in [2.24, 2.45) is 0 Å². The zero-order chi connectivity index (χ0) is 12.0. The number of rotatable bonds is 6. The van der Waals surface area contributed by atoms with Gasteiger partial charge in [-0.15, -0.1) is 0 Å². The molecule has 0 saturated heterocycles. The first-order chi connectivity index (χ1) is 7.69. The highest BCUT2D eigenvalue weighted by Crippen LogP contribution is 2.25. The Morgan fingerprint density at radius 2 is 2.19 bits per heavy atom. The molecule has 16 heavy (non-hydrogen) atoms. The van der Waals surface area contributed by atoms with Crippen LogP contribution in [0.4, 0.5) is 0 Å². The van der Waals surface area contributed by atoms with Crippen LogP contribution in [-0.2, 0) is 6.54 Å². The molecule has 0 bridgehead atoms. The number of nitrogens with one attached hydrogen (secondary N) is 1. The first-order valence-corrected chi connectivity index (χ1v) is 5.87. The topological polar surface area (TPSA) is 52.5 Å². The molecule has 1 atom stereocenters. The molecule has 1 aromatic rings. The van der Waals surface area contributed by atoms with Gasteiger partial charge in [-0.3, -0.25) is 0 Å². The molecule has 1 aromatic carbocycles. The summed E-state index contributed by atoms with van der Waals surface area (Å²) in [6.07, 6.45) is 1.65. The molecule has 0 saturated carbocycles. The van der Waals surface area contributed by atoms with Gasteiger partial charge in [-0.2, -0.15) is 0 Å². The molecule has 0 fully saturated rings. The predicted molar refractivity (Wildman–Crippen MR) is 65.7 cm³/mol. The van der Waals surface area contributed by atoms with Crippen LogP contribution >= 0.6 is 11.6 Å². The van der Waals surface area contributed by atoms with Gasteiger partial charge in [-0.05, 0) is 25.0 Å². The van der Waals surface area contributed by atoms with Crippen molar-refractivity contribution in [1.29, 1.82) is 0 Å². The highest BCUT2D eigenvalue weighted by Gasteiger charge is 2.09. The number of hydrogen-bond acceptors (Lipinski definition) is 3. The minimum atomic E-state index is 0.167. The molecule has 0 aliphatic heterocycles. The van der Waals surface area contributed by atoms with Crippen molar-refractivity contribution in [2.75, 3.05) is 6.61 Å². The van der Waals surface area contributed by atoms with Crippen molar-refractivity contribution in [2.45, 2.75) is 32.4 Å². The molecule has 0 radical (unpaired) electrons. The van der Waals surface area contributed by atoms with Crippen LogP contribution in [0.3, 0.4) is 0 Å². The number of aliphatic hydroxyl groups excluding tert-OH is 1. The number of benzene rings is 1. The number of phenols is 1. The quantitative estimate of drug-likeness (QED) is 0.719. The monoisotopic (exact) mass is 243 g/mol. The van der Waals surface area contributed by atoms with Crippen LogP contribution in [0.2, 0.25) is 5.02 Å². The van der Waals surface area contributed by atoms with Gasteiger partial charge in [-0.1, -0.05) is 24.6 Å². The molecule has 90 valence electrons. The van der Waals surface area contributed by atoms with Gasteiger partial charge in [-0.25, -0.2) is 0 Å². The summed E-state index contributed by atoms with van der Waals surface area (Å²) < 4.78 is 0. The maximum Gasteiger partial charge on any atom is 0.121 e. The molecule has 0 aliphatic rings. The summed E-state index contributed by atoms with van der Waals surface area (Å²) in [4.78, 5) is 0. The van der Waals surface area contributed by atoms with E-state index in [-0.39, 0.29) is 18.4 Å². The Kier molecular flexibility index (Phi) is 5.60. The van der Waals surface area contributed by atoms with E-state index in [0.29, 0.717) is 23.6 Å². The Bertz CT molecular complexity index is 311. The van der Waals surface area contributed by atoms with Crippen LogP contribution in [0.25, 0.3) is 0 Å². The van der Waals surface area contributed by atoms with Crippen LogP contribution in [0.5, 0.6) is 5.75 Å². The van der Waals surface area contributed by atoms with Crippen molar-refractivity contribution in [1.82, 2.24) is 5.32 Å². The lowest BCUT2D eigenvalue weighted by Crippen LogP contribution is -2.28. The molecule has 1 unspecified atom stereocenters. The van der Waals surface area contributed by atoms with Crippen LogP contribution in [0, 0.1) is 0 Å². The predicted octanol–water partition coefficient (Wildman–Crippen LogP) is 2.30. The molecule has 0 amide bonds. The SMILES string of the molecule is CCC(CCO)NCc1c(O)cccc1Cl. The molecule has 0 aromatic heterocycles. The van der Waals surface area contributed by atoms with Gasteiger partial charge >= 0.3 is 0 Å². The maximum atomic E-state index is 9.63. The molecule has 1 rings (SSSR count). The Labute approximate surface area is 101 Å². The van der Waals surface area contributed by atoms with Gasteiger partial charge < -0.3 is 15.5 Å². The highest BCUT2D eigenvalue weighted by atomic mass is 35.5. The Morgan fingerprint density at radius 3 is 2.75 bits per heavy atom. The smallest absolute Gasteiger partial charge is 0.121 e. The molecule has 0 heterocycles. The van der Waals surface area contributed by atoms with Gasteiger partial charge in [0, 0.05) is 29.8 Å². The summed E-state index contributed by atoms with van der Waals surface area (Å²) >= 11 is 5.98. The Morgan fingerprint density at radius 1 is 1.44 bits per heavy atom. The molecule has 4 heteroatoms. The first kappa shape index (κ1) is 13.3. The van der Waals surface area contributed by atoms with Crippen molar-refractivity contribution in [3.05, 3.63) is 28.8 Å². The van der Waals surface area contributed by atoms with E-state index < -0.39 is 0 Å². The molecule has 3 N–H and O–H groups in total. The minimum Gasteiger partial charge on any atom is -0.508 e. The lowest BCUT2D eigenvalue weighted by Gasteiger charge is -2.16. The fourth-order valence-electron chi connectivity index (χ4n) is 1.58. The second-order valence-corrected chi connectivity index (χ2v) is 4.14. The summed E-state index contributed by atoms with van der Waals surface area (Å²) in [7, 11) is 0. The van der Waals surface area contributed by atoms with E-state index in [1.807, 2.05) is 0 Å². The van der Waals surface area contributed by atoms with Gasteiger partial charge in [0.25, 0.3) is 0 Å². The number of aliphatic hydroxyl groups is 1. The fraction of sp³-hybridized carbons (Fsp3) is 0.500. The van der Waals surface area contributed by atoms with E-state index in [9.17, 15) is 5.11 Å². The molecule has 0 aliphatic carbocycles. The van der Waals surface area contributed by atoms with E-state index in [1.54, 1.807) is 18.2 Å².